The standard InChI is InChI=1S/C28H27NO2/c30-28(31)24-15-10-20-29(21-24)19-9-8-14-23-13-4-5-16-25(23)27-18-7-6-17-26(27)22-11-2-1-3-12-22/h1-7,9,11-14,16-18,24H,10,15,19-21H2,(H,30,31)/t8?,24-/m1/s1. The fraction of sp³-hybridized carbons (Fsp3) is 0.214. The quantitative estimate of drug-likeness (QED) is 0.509. The first-order chi connectivity index (χ1) is 15.2. The predicted octanol–water partition coefficient (Wildman–Crippen LogP) is 5.99. The molecule has 4 rings (SSSR count). The van der Waals surface area contributed by atoms with Crippen LogP contribution in [0.15, 0.2) is 90.7 Å². The zero-order valence-electron chi connectivity index (χ0n) is 17.6. The predicted molar refractivity (Wildman–Crippen MR) is 127 cm³/mol. The van der Waals surface area contributed by atoms with Crippen LogP contribution in [0.1, 0.15) is 18.4 Å². The van der Waals surface area contributed by atoms with E-state index in [-0.39, 0.29) is 5.92 Å². The van der Waals surface area contributed by atoms with Gasteiger partial charge in [0.1, 0.15) is 0 Å². The first-order valence-corrected chi connectivity index (χ1v) is 10.8. The van der Waals surface area contributed by atoms with Gasteiger partial charge in [0.2, 0.25) is 0 Å². The van der Waals surface area contributed by atoms with Gasteiger partial charge in [-0.15, -0.1) is 5.73 Å². The normalized spacial score (nSPS) is 16.3. The fourth-order valence-electron chi connectivity index (χ4n) is 4.21. The van der Waals surface area contributed by atoms with Gasteiger partial charge in [-0.3, -0.25) is 9.69 Å². The average molecular weight is 410 g/mol. The lowest BCUT2D eigenvalue weighted by molar-refractivity contribution is -0.143. The molecular formula is C28H27NO2. The topological polar surface area (TPSA) is 40.5 Å². The molecule has 1 aliphatic rings. The van der Waals surface area contributed by atoms with E-state index in [1.54, 1.807) is 0 Å². The minimum absolute atomic E-state index is 0.249. The minimum Gasteiger partial charge on any atom is -0.481 e. The molecule has 1 saturated heterocycles. The lowest BCUT2D eigenvalue weighted by atomic mass is 9.92. The van der Waals surface area contributed by atoms with E-state index in [4.69, 9.17) is 0 Å². The number of carbonyl (C=O) groups is 1. The second kappa shape index (κ2) is 10.1. The third-order valence-corrected chi connectivity index (χ3v) is 5.82. The molecule has 3 aromatic rings. The molecule has 31 heavy (non-hydrogen) atoms. The summed E-state index contributed by atoms with van der Waals surface area (Å²) < 4.78 is 0. The van der Waals surface area contributed by atoms with E-state index in [2.05, 4.69) is 77.4 Å². The molecule has 3 aromatic carbocycles. The van der Waals surface area contributed by atoms with Gasteiger partial charge in [-0.1, -0.05) is 78.9 Å². The zero-order valence-corrected chi connectivity index (χ0v) is 17.6. The molecular weight excluding hydrogens is 382 g/mol. The zero-order chi connectivity index (χ0) is 21.5. The molecule has 0 radical (unpaired) electrons. The highest BCUT2D eigenvalue weighted by atomic mass is 16.4. The van der Waals surface area contributed by atoms with Crippen molar-refractivity contribution < 1.29 is 9.90 Å². The Morgan fingerprint density at radius 3 is 2.39 bits per heavy atom. The Morgan fingerprint density at radius 1 is 0.935 bits per heavy atom. The summed E-state index contributed by atoms with van der Waals surface area (Å²) >= 11 is 0. The first kappa shape index (κ1) is 20.9. The van der Waals surface area contributed by atoms with Crippen molar-refractivity contribution in [3.63, 3.8) is 0 Å². The molecule has 0 amide bonds. The second-order valence-corrected chi connectivity index (χ2v) is 7.95. The van der Waals surface area contributed by atoms with Crippen LogP contribution in [0.4, 0.5) is 0 Å². The number of likely N-dealkylation sites (tertiary alicyclic amines) is 1. The Balaban J connectivity index is 1.57. The van der Waals surface area contributed by atoms with Crippen molar-refractivity contribution in [2.45, 2.75) is 12.8 Å². The molecule has 1 fully saturated rings. The van der Waals surface area contributed by atoms with Gasteiger partial charge >= 0.3 is 5.97 Å². The van der Waals surface area contributed by atoms with Gasteiger partial charge in [-0.25, -0.2) is 0 Å². The van der Waals surface area contributed by atoms with Gasteiger partial charge in [-0.2, -0.15) is 0 Å². The molecule has 1 N–H and O–H groups in total. The number of benzene rings is 3. The van der Waals surface area contributed by atoms with Crippen molar-refractivity contribution in [3.8, 4) is 22.3 Å². The summed E-state index contributed by atoms with van der Waals surface area (Å²) in [5.41, 5.74) is 9.22. The van der Waals surface area contributed by atoms with Crippen molar-refractivity contribution in [2.24, 2.45) is 5.92 Å². The van der Waals surface area contributed by atoms with Crippen LogP contribution in [0.25, 0.3) is 28.3 Å². The summed E-state index contributed by atoms with van der Waals surface area (Å²) in [4.78, 5) is 13.5. The van der Waals surface area contributed by atoms with Crippen molar-refractivity contribution >= 4 is 12.0 Å². The number of hydrogen-bond acceptors (Lipinski definition) is 2. The molecule has 0 aliphatic carbocycles. The smallest absolute Gasteiger partial charge is 0.307 e. The highest BCUT2D eigenvalue weighted by molar-refractivity contribution is 5.87. The molecule has 1 aliphatic heterocycles. The number of aliphatic carboxylic acids is 1. The van der Waals surface area contributed by atoms with Crippen LogP contribution in [0.2, 0.25) is 0 Å². The van der Waals surface area contributed by atoms with Crippen LogP contribution < -0.4 is 0 Å². The summed E-state index contributed by atoms with van der Waals surface area (Å²) in [6.07, 6.45) is 5.74. The van der Waals surface area contributed by atoms with E-state index in [0.29, 0.717) is 6.54 Å². The van der Waals surface area contributed by atoms with Gasteiger partial charge in [0.05, 0.1) is 5.92 Å². The van der Waals surface area contributed by atoms with E-state index in [0.717, 1.165) is 31.5 Å². The molecule has 0 bridgehead atoms. The third kappa shape index (κ3) is 5.21. The maximum absolute atomic E-state index is 11.3. The molecule has 1 heterocycles. The lowest BCUT2D eigenvalue weighted by Crippen LogP contribution is -2.38. The monoisotopic (exact) mass is 409 g/mol. The Bertz CT molecular complexity index is 1100. The summed E-state index contributed by atoms with van der Waals surface area (Å²) in [5, 5.41) is 9.26. The number of carboxylic acids is 1. The van der Waals surface area contributed by atoms with Crippen molar-refractivity contribution in [2.75, 3.05) is 19.6 Å². The highest BCUT2D eigenvalue weighted by Gasteiger charge is 2.24. The average Bonchev–Trinajstić information content (AvgIpc) is 2.83. The van der Waals surface area contributed by atoms with Gasteiger partial charge in [0, 0.05) is 13.1 Å². The van der Waals surface area contributed by atoms with Gasteiger partial charge in [-0.05, 0) is 59.4 Å². The van der Waals surface area contributed by atoms with Crippen molar-refractivity contribution in [3.05, 3.63) is 96.2 Å². The van der Waals surface area contributed by atoms with Crippen LogP contribution in [0.3, 0.4) is 0 Å². The van der Waals surface area contributed by atoms with Crippen LogP contribution in [0.5, 0.6) is 0 Å². The Kier molecular flexibility index (Phi) is 6.78. The molecule has 0 unspecified atom stereocenters. The number of piperidine rings is 1. The molecule has 0 spiro atoms. The number of nitrogens with zero attached hydrogens (tertiary/aromatic N) is 1. The SMILES string of the molecule is O=C(O)[C@@H]1CCCN(CC=C=Cc2ccccc2-c2ccccc2-c2ccccc2)C1. The number of hydrogen-bond donors (Lipinski definition) is 1. The van der Waals surface area contributed by atoms with E-state index in [1.165, 1.54) is 22.3 Å². The minimum atomic E-state index is -0.685. The molecule has 1 atom stereocenters. The summed E-state index contributed by atoms with van der Waals surface area (Å²) in [6.45, 7) is 2.29. The van der Waals surface area contributed by atoms with Gasteiger partial charge in [0.25, 0.3) is 0 Å². The lowest BCUT2D eigenvalue weighted by Gasteiger charge is -2.29. The fourth-order valence-corrected chi connectivity index (χ4v) is 4.21. The van der Waals surface area contributed by atoms with Crippen LogP contribution in [0, 0.1) is 5.92 Å². The molecule has 0 saturated carbocycles. The maximum Gasteiger partial charge on any atom is 0.307 e. The first-order valence-electron chi connectivity index (χ1n) is 10.8. The summed E-state index contributed by atoms with van der Waals surface area (Å²) in [6, 6.07) is 27.3. The Morgan fingerprint density at radius 2 is 1.61 bits per heavy atom. The van der Waals surface area contributed by atoms with Crippen molar-refractivity contribution in [1.29, 1.82) is 0 Å². The second-order valence-electron chi connectivity index (χ2n) is 7.95. The Hall–Kier alpha value is -3.39. The third-order valence-electron chi connectivity index (χ3n) is 5.82. The van der Waals surface area contributed by atoms with Crippen molar-refractivity contribution in [1.82, 2.24) is 4.90 Å². The Labute approximate surface area is 184 Å². The summed E-state index contributed by atoms with van der Waals surface area (Å²) in [7, 11) is 0. The molecule has 3 nitrogen and oxygen atoms in total. The van der Waals surface area contributed by atoms with Gasteiger partial charge in [0.15, 0.2) is 0 Å². The maximum atomic E-state index is 11.3. The van der Waals surface area contributed by atoms with Crippen LogP contribution in [-0.4, -0.2) is 35.6 Å². The number of rotatable bonds is 6. The highest BCUT2D eigenvalue weighted by Crippen LogP contribution is 2.34. The molecule has 3 heteroatoms. The summed E-state index contributed by atoms with van der Waals surface area (Å²) in [5.74, 6) is -0.934. The van der Waals surface area contributed by atoms with Gasteiger partial charge < -0.3 is 5.11 Å². The van der Waals surface area contributed by atoms with Crippen LogP contribution >= 0.6 is 0 Å². The molecule has 156 valence electrons. The molecule has 0 aromatic heterocycles. The van der Waals surface area contributed by atoms with E-state index < -0.39 is 5.97 Å². The van der Waals surface area contributed by atoms with Crippen LogP contribution in [-0.2, 0) is 4.79 Å². The van der Waals surface area contributed by atoms with E-state index in [9.17, 15) is 9.90 Å². The van der Waals surface area contributed by atoms with E-state index in [1.807, 2.05) is 24.3 Å². The largest absolute Gasteiger partial charge is 0.481 e. The van der Waals surface area contributed by atoms with E-state index >= 15 is 0 Å². The number of carboxylic acid groups (broad SMARTS) is 1.